The van der Waals surface area contributed by atoms with Gasteiger partial charge in [-0.3, -0.25) is 9.69 Å². The maximum absolute atomic E-state index is 12.1. The third-order valence-electron chi connectivity index (χ3n) is 3.61. The smallest absolute Gasteiger partial charge is 0.289 e. The second kappa shape index (κ2) is 7.75. The molecule has 0 aliphatic carbocycles. The van der Waals surface area contributed by atoms with E-state index in [4.69, 9.17) is 4.42 Å². The molecule has 0 bridgehead atoms. The average molecular weight is 329 g/mol. The highest BCUT2D eigenvalue weighted by atomic mass is 32.2. The van der Waals surface area contributed by atoms with Crippen molar-refractivity contribution in [2.45, 2.75) is 13.3 Å². The number of furan rings is 1. The third kappa shape index (κ3) is 4.82. The van der Waals surface area contributed by atoms with E-state index in [9.17, 15) is 13.2 Å². The van der Waals surface area contributed by atoms with Crippen LogP contribution in [0.5, 0.6) is 0 Å². The predicted octanol–water partition coefficient (Wildman–Crippen LogP) is 0.367. The van der Waals surface area contributed by atoms with E-state index in [1.807, 2.05) is 6.92 Å². The van der Waals surface area contributed by atoms with Gasteiger partial charge in [-0.25, -0.2) is 13.1 Å². The van der Waals surface area contributed by atoms with Gasteiger partial charge in [-0.15, -0.1) is 0 Å². The molecule has 2 rings (SSSR count). The number of hydrogen-bond acceptors (Lipinski definition) is 5. The molecule has 124 valence electrons. The lowest BCUT2D eigenvalue weighted by atomic mass is 10.3. The zero-order valence-electron chi connectivity index (χ0n) is 12.8. The van der Waals surface area contributed by atoms with Gasteiger partial charge in [-0.1, -0.05) is 6.92 Å². The number of piperazine rings is 1. The van der Waals surface area contributed by atoms with E-state index in [1.165, 1.54) is 6.26 Å². The molecule has 1 aromatic rings. The fourth-order valence-corrected chi connectivity index (χ4v) is 3.51. The number of nitrogens with zero attached hydrogens (tertiary/aromatic N) is 2. The molecular formula is C14H23N3O4S. The summed E-state index contributed by atoms with van der Waals surface area (Å²) in [5.41, 5.74) is 0. The number of carbonyl (C=O) groups is 1. The van der Waals surface area contributed by atoms with Gasteiger partial charge in [-0.05, 0) is 18.6 Å². The molecule has 1 aromatic heterocycles. The second-order valence-electron chi connectivity index (χ2n) is 5.32. The molecule has 1 N–H and O–H groups in total. The van der Waals surface area contributed by atoms with Crippen molar-refractivity contribution in [2.75, 3.05) is 45.0 Å². The van der Waals surface area contributed by atoms with Crippen LogP contribution < -0.4 is 4.72 Å². The maximum Gasteiger partial charge on any atom is 0.289 e. The summed E-state index contributed by atoms with van der Waals surface area (Å²) in [5, 5.41) is 0. The SMILES string of the molecule is CCCS(=O)(=O)NCCN1CCN(C(=O)c2ccco2)CC1. The van der Waals surface area contributed by atoms with Crippen molar-refractivity contribution >= 4 is 15.9 Å². The molecule has 0 radical (unpaired) electrons. The largest absolute Gasteiger partial charge is 0.459 e. The Kier molecular flexibility index (Phi) is 5.98. The van der Waals surface area contributed by atoms with Gasteiger partial charge in [0.25, 0.3) is 5.91 Å². The normalized spacial score (nSPS) is 16.9. The molecule has 0 spiro atoms. The van der Waals surface area contributed by atoms with Crippen LogP contribution in [0.2, 0.25) is 0 Å². The highest BCUT2D eigenvalue weighted by molar-refractivity contribution is 7.89. The minimum Gasteiger partial charge on any atom is -0.459 e. The number of carbonyl (C=O) groups excluding carboxylic acids is 1. The number of nitrogens with one attached hydrogen (secondary N) is 1. The summed E-state index contributed by atoms with van der Waals surface area (Å²) in [5.74, 6) is 0.437. The fourth-order valence-electron chi connectivity index (χ4n) is 2.43. The Balaban J connectivity index is 1.70. The molecule has 1 fully saturated rings. The van der Waals surface area contributed by atoms with Gasteiger partial charge >= 0.3 is 0 Å². The lowest BCUT2D eigenvalue weighted by Crippen LogP contribution is -2.50. The minimum atomic E-state index is -3.14. The van der Waals surface area contributed by atoms with Crippen LogP contribution in [0, 0.1) is 0 Å². The Morgan fingerprint density at radius 3 is 2.64 bits per heavy atom. The van der Waals surface area contributed by atoms with Crippen molar-refractivity contribution in [1.29, 1.82) is 0 Å². The number of hydrogen-bond donors (Lipinski definition) is 1. The lowest BCUT2D eigenvalue weighted by Gasteiger charge is -2.34. The summed E-state index contributed by atoms with van der Waals surface area (Å²) in [7, 11) is -3.14. The summed E-state index contributed by atoms with van der Waals surface area (Å²) in [6, 6.07) is 3.36. The summed E-state index contributed by atoms with van der Waals surface area (Å²) >= 11 is 0. The average Bonchev–Trinajstić information content (AvgIpc) is 3.01. The zero-order valence-corrected chi connectivity index (χ0v) is 13.6. The third-order valence-corrected chi connectivity index (χ3v) is 5.20. The van der Waals surface area contributed by atoms with Crippen LogP contribution in [0.1, 0.15) is 23.9 Å². The topological polar surface area (TPSA) is 82.9 Å². The van der Waals surface area contributed by atoms with Gasteiger partial charge in [0.05, 0.1) is 12.0 Å². The van der Waals surface area contributed by atoms with Crippen molar-refractivity contribution < 1.29 is 17.6 Å². The van der Waals surface area contributed by atoms with E-state index in [1.54, 1.807) is 17.0 Å². The van der Waals surface area contributed by atoms with Crippen LogP contribution >= 0.6 is 0 Å². The highest BCUT2D eigenvalue weighted by Crippen LogP contribution is 2.09. The maximum atomic E-state index is 12.1. The molecular weight excluding hydrogens is 306 g/mol. The molecule has 1 aliphatic heterocycles. The van der Waals surface area contributed by atoms with Crippen molar-refractivity contribution in [2.24, 2.45) is 0 Å². The van der Waals surface area contributed by atoms with Gasteiger partial charge in [0, 0.05) is 39.3 Å². The predicted molar refractivity (Wildman–Crippen MR) is 83.1 cm³/mol. The molecule has 1 saturated heterocycles. The van der Waals surface area contributed by atoms with Gasteiger partial charge < -0.3 is 9.32 Å². The molecule has 7 nitrogen and oxygen atoms in total. The quantitative estimate of drug-likeness (QED) is 0.781. The highest BCUT2D eigenvalue weighted by Gasteiger charge is 2.23. The molecule has 0 aromatic carbocycles. The van der Waals surface area contributed by atoms with Gasteiger partial charge in [0.1, 0.15) is 0 Å². The van der Waals surface area contributed by atoms with Crippen molar-refractivity contribution in [3.8, 4) is 0 Å². The standard InChI is InChI=1S/C14H23N3O4S/c1-2-12-22(19,20)15-5-6-16-7-9-17(10-8-16)14(18)13-4-3-11-21-13/h3-4,11,15H,2,5-10,12H2,1H3. The second-order valence-corrected chi connectivity index (χ2v) is 7.25. The molecule has 22 heavy (non-hydrogen) atoms. The van der Waals surface area contributed by atoms with Crippen LogP contribution in [-0.4, -0.2) is 69.1 Å². The molecule has 0 unspecified atom stereocenters. The van der Waals surface area contributed by atoms with Crippen molar-refractivity contribution in [1.82, 2.24) is 14.5 Å². The molecule has 1 amide bonds. The van der Waals surface area contributed by atoms with E-state index in [0.29, 0.717) is 38.4 Å². The van der Waals surface area contributed by atoms with Crippen LogP contribution in [-0.2, 0) is 10.0 Å². The van der Waals surface area contributed by atoms with Crippen molar-refractivity contribution in [3.05, 3.63) is 24.2 Å². The summed E-state index contributed by atoms with van der Waals surface area (Å²) in [6.45, 7) is 5.64. The number of rotatable bonds is 7. The van der Waals surface area contributed by atoms with E-state index in [0.717, 1.165) is 13.1 Å². The monoisotopic (exact) mass is 329 g/mol. The van der Waals surface area contributed by atoms with E-state index in [-0.39, 0.29) is 11.7 Å². The Hall–Kier alpha value is -1.38. The minimum absolute atomic E-state index is 0.0895. The first kappa shape index (κ1) is 17.0. The van der Waals surface area contributed by atoms with Crippen LogP contribution in [0.3, 0.4) is 0 Å². The van der Waals surface area contributed by atoms with E-state index >= 15 is 0 Å². The fraction of sp³-hybridized carbons (Fsp3) is 0.643. The van der Waals surface area contributed by atoms with Crippen LogP contribution in [0.15, 0.2) is 22.8 Å². The van der Waals surface area contributed by atoms with Gasteiger partial charge in [0.15, 0.2) is 5.76 Å². The first-order valence-corrected chi connectivity index (χ1v) is 9.19. The van der Waals surface area contributed by atoms with E-state index in [2.05, 4.69) is 9.62 Å². The lowest BCUT2D eigenvalue weighted by molar-refractivity contribution is 0.0609. The molecule has 8 heteroatoms. The number of amides is 1. The molecule has 0 saturated carbocycles. The first-order chi connectivity index (χ1) is 10.5. The zero-order chi connectivity index (χ0) is 16.0. The Bertz CT molecular complexity index is 563. The van der Waals surface area contributed by atoms with Crippen LogP contribution in [0.4, 0.5) is 0 Å². The number of sulfonamides is 1. The first-order valence-electron chi connectivity index (χ1n) is 7.54. The Morgan fingerprint density at radius 2 is 2.05 bits per heavy atom. The van der Waals surface area contributed by atoms with Gasteiger partial charge in [-0.2, -0.15) is 0 Å². The van der Waals surface area contributed by atoms with Crippen molar-refractivity contribution in [3.63, 3.8) is 0 Å². The summed E-state index contributed by atoms with van der Waals surface area (Å²) < 4.78 is 30.8. The van der Waals surface area contributed by atoms with E-state index < -0.39 is 10.0 Å². The molecule has 1 aliphatic rings. The summed E-state index contributed by atoms with van der Waals surface area (Å²) in [4.78, 5) is 16.0. The van der Waals surface area contributed by atoms with Crippen LogP contribution in [0.25, 0.3) is 0 Å². The Morgan fingerprint density at radius 1 is 1.32 bits per heavy atom. The van der Waals surface area contributed by atoms with Gasteiger partial charge in [0.2, 0.25) is 10.0 Å². The Labute approximate surface area is 131 Å². The summed E-state index contributed by atoms with van der Waals surface area (Å²) in [6.07, 6.45) is 2.11. The molecule has 2 heterocycles. The molecule has 0 atom stereocenters.